The van der Waals surface area contributed by atoms with Crippen LogP contribution in [0.15, 0.2) is 35.2 Å². The number of aliphatic hydroxyl groups excluding tert-OH is 1. The van der Waals surface area contributed by atoms with Crippen molar-refractivity contribution in [2.75, 3.05) is 12.3 Å². The Morgan fingerprint density at radius 2 is 2.00 bits per heavy atom. The highest BCUT2D eigenvalue weighted by atomic mass is 32.2. The van der Waals surface area contributed by atoms with Crippen LogP contribution in [0.4, 0.5) is 0 Å². The molecule has 0 aliphatic carbocycles. The highest BCUT2D eigenvalue weighted by molar-refractivity contribution is 7.85. The number of nitrogens with two attached hydrogens (primary N) is 1. The predicted molar refractivity (Wildman–Crippen MR) is 52.8 cm³/mol. The van der Waals surface area contributed by atoms with Gasteiger partial charge in [0.2, 0.25) is 0 Å². The summed E-state index contributed by atoms with van der Waals surface area (Å²) in [7, 11) is -1.14. The molecule has 0 heterocycles. The first-order valence-electron chi connectivity index (χ1n) is 4.05. The third-order valence-electron chi connectivity index (χ3n) is 1.62. The summed E-state index contributed by atoms with van der Waals surface area (Å²) in [6, 6.07) is 9.06. The van der Waals surface area contributed by atoms with Gasteiger partial charge in [0.25, 0.3) is 0 Å². The SMILES string of the molecule is NCC(O)CS(=O)c1ccccc1. The molecule has 4 heteroatoms. The zero-order chi connectivity index (χ0) is 9.68. The Morgan fingerprint density at radius 1 is 1.38 bits per heavy atom. The van der Waals surface area contributed by atoms with E-state index in [1.807, 2.05) is 18.2 Å². The molecule has 0 saturated heterocycles. The fraction of sp³-hybridized carbons (Fsp3) is 0.333. The zero-order valence-corrected chi connectivity index (χ0v) is 8.04. The van der Waals surface area contributed by atoms with E-state index in [1.165, 1.54) is 0 Å². The Morgan fingerprint density at radius 3 is 2.54 bits per heavy atom. The monoisotopic (exact) mass is 199 g/mol. The molecule has 0 aliphatic rings. The highest BCUT2D eigenvalue weighted by Crippen LogP contribution is 2.06. The molecule has 1 aromatic rings. The summed E-state index contributed by atoms with van der Waals surface area (Å²) >= 11 is 0. The molecule has 0 saturated carbocycles. The lowest BCUT2D eigenvalue weighted by Crippen LogP contribution is -2.25. The molecule has 0 aromatic heterocycles. The van der Waals surface area contributed by atoms with Gasteiger partial charge < -0.3 is 10.8 Å². The first-order chi connectivity index (χ1) is 6.24. The normalized spacial score (nSPS) is 15.2. The van der Waals surface area contributed by atoms with Gasteiger partial charge in [0.05, 0.1) is 22.7 Å². The first kappa shape index (κ1) is 10.4. The number of hydrogen-bond acceptors (Lipinski definition) is 3. The predicted octanol–water partition coefficient (Wildman–Crippen LogP) is 0.114. The van der Waals surface area contributed by atoms with Crippen LogP contribution in [0, 0.1) is 0 Å². The van der Waals surface area contributed by atoms with Crippen molar-refractivity contribution in [2.24, 2.45) is 5.73 Å². The van der Waals surface area contributed by atoms with Gasteiger partial charge in [0.1, 0.15) is 0 Å². The lowest BCUT2D eigenvalue weighted by Gasteiger charge is -2.06. The molecule has 2 unspecified atom stereocenters. The van der Waals surface area contributed by atoms with Gasteiger partial charge in [0, 0.05) is 11.4 Å². The van der Waals surface area contributed by atoms with E-state index in [4.69, 9.17) is 5.73 Å². The molecule has 3 nitrogen and oxygen atoms in total. The average molecular weight is 199 g/mol. The lowest BCUT2D eigenvalue weighted by molar-refractivity contribution is 0.207. The van der Waals surface area contributed by atoms with E-state index in [0.29, 0.717) is 0 Å². The number of aliphatic hydroxyl groups is 1. The van der Waals surface area contributed by atoms with E-state index in [9.17, 15) is 9.32 Å². The van der Waals surface area contributed by atoms with Crippen LogP contribution in [0.25, 0.3) is 0 Å². The molecular formula is C9H13NO2S. The fourth-order valence-corrected chi connectivity index (χ4v) is 2.05. The summed E-state index contributed by atoms with van der Waals surface area (Å²) in [6.45, 7) is 0.151. The third-order valence-corrected chi connectivity index (χ3v) is 3.11. The lowest BCUT2D eigenvalue weighted by atomic mass is 10.4. The summed E-state index contributed by atoms with van der Waals surface area (Å²) in [5.74, 6) is 0.209. The largest absolute Gasteiger partial charge is 0.391 e. The second kappa shape index (κ2) is 5.11. The van der Waals surface area contributed by atoms with Crippen molar-refractivity contribution in [1.29, 1.82) is 0 Å². The summed E-state index contributed by atoms with van der Waals surface area (Å²) in [5.41, 5.74) is 5.21. The van der Waals surface area contributed by atoms with Crippen molar-refractivity contribution in [3.63, 3.8) is 0 Å². The Kier molecular flexibility index (Phi) is 4.08. The van der Waals surface area contributed by atoms with Crippen molar-refractivity contribution in [2.45, 2.75) is 11.0 Å². The smallest absolute Gasteiger partial charge is 0.0781 e. The molecule has 0 fully saturated rings. The second-order valence-electron chi connectivity index (χ2n) is 2.71. The molecule has 3 N–H and O–H groups in total. The van der Waals surface area contributed by atoms with E-state index < -0.39 is 16.9 Å². The van der Waals surface area contributed by atoms with Gasteiger partial charge in [-0.25, -0.2) is 0 Å². The minimum absolute atomic E-state index is 0.151. The van der Waals surface area contributed by atoms with Crippen LogP contribution in [0.3, 0.4) is 0 Å². The third kappa shape index (κ3) is 3.26. The number of benzene rings is 1. The van der Waals surface area contributed by atoms with Crippen LogP contribution in [-0.4, -0.2) is 27.7 Å². The van der Waals surface area contributed by atoms with Crippen molar-refractivity contribution in [1.82, 2.24) is 0 Å². The second-order valence-corrected chi connectivity index (χ2v) is 4.21. The Bertz CT molecular complexity index is 276. The zero-order valence-electron chi connectivity index (χ0n) is 7.22. The topological polar surface area (TPSA) is 63.3 Å². The molecule has 0 bridgehead atoms. The molecule has 1 aromatic carbocycles. The minimum Gasteiger partial charge on any atom is -0.391 e. The Balaban J connectivity index is 2.59. The van der Waals surface area contributed by atoms with Gasteiger partial charge in [0.15, 0.2) is 0 Å². The standard InChI is InChI=1S/C9H13NO2S/c10-6-8(11)7-13(12)9-4-2-1-3-5-9/h1-5,8,11H,6-7,10H2. The van der Waals surface area contributed by atoms with E-state index in [1.54, 1.807) is 12.1 Å². The van der Waals surface area contributed by atoms with Crippen LogP contribution in [0.5, 0.6) is 0 Å². The minimum atomic E-state index is -1.14. The average Bonchev–Trinajstić information content (AvgIpc) is 2.19. The molecule has 1 rings (SSSR count). The van der Waals surface area contributed by atoms with Crippen LogP contribution < -0.4 is 5.73 Å². The van der Waals surface area contributed by atoms with Crippen LogP contribution in [-0.2, 0) is 10.8 Å². The molecular weight excluding hydrogens is 186 g/mol. The van der Waals surface area contributed by atoms with Gasteiger partial charge in [-0.1, -0.05) is 18.2 Å². The Hall–Kier alpha value is -0.710. The number of hydrogen-bond donors (Lipinski definition) is 2. The molecule has 0 amide bonds. The maximum Gasteiger partial charge on any atom is 0.0781 e. The fourth-order valence-electron chi connectivity index (χ4n) is 0.911. The Labute approximate surface area is 80.0 Å². The quantitative estimate of drug-likeness (QED) is 0.723. The van der Waals surface area contributed by atoms with E-state index in [2.05, 4.69) is 0 Å². The summed E-state index contributed by atoms with van der Waals surface area (Å²) in [6.07, 6.45) is -0.680. The van der Waals surface area contributed by atoms with Crippen LogP contribution in [0.1, 0.15) is 0 Å². The molecule has 13 heavy (non-hydrogen) atoms. The first-order valence-corrected chi connectivity index (χ1v) is 5.37. The number of rotatable bonds is 4. The maximum absolute atomic E-state index is 11.5. The van der Waals surface area contributed by atoms with Crippen LogP contribution >= 0.6 is 0 Å². The summed E-state index contributed by atoms with van der Waals surface area (Å²) in [4.78, 5) is 0.731. The van der Waals surface area contributed by atoms with E-state index in [-0.39, 0.29) is 12.3 Å². The molecule has 72 valence electrons. The van der Waals surface area contributed by atoms with Crippen molar-refractivity contribution >= 4 is 10.8 Å². The molecule has 0 aliphatic heterocycles. The van der Waals surface area contributed by atoms with Crippen molar-refractivity contribution in [3.8, 4) is 0 Å². The van der Waals surface area contributed by atoms with Crippen molar-refractivity contribution in [3.05, 3.63) is 30.3 Å². The van der Waals surface area contributed by atoms with Gasteiger partial charge in [-0.05, 0) is 12.1 Å². The van der Waals surface area contributed by atoms with E-state index >= 15 is 0 Å². The summed E-state index contributed by atoms with van der Waals surface area (Å²) < 4.78 is 11.5. The maximum atomic E-state index is 11.5. The summed E-state index contributed by atoms with van der Waals surface area (Å²) in [5, 5.41) is 9.17. The van der Waals surface area contributed by atoms with Crippen LogP contribution in [0.2, 0.25) is 0 Å². The van der Waals surface area contributed by atoms with Crippen molar-refractivity contribution < 1.29 is 9.32 Å². The van der Waals surface area contributed by atoms with Gasteiger partial charge in [-0.15, -0.1) is 0 Å². The van der Waals surface area contributed by atoms with Gasteiger partial charge in [-0.2, -0.15) is 0 Å². The van der Waals surface area contributed by atoms with E-state index in [0.717, 1.165) is 4.90 Å². The van der Waals surface area contributed by atoms with Gasteiger partial charge >= 0.3 is 0 Å². The highest BCUT2D eigenvalue weighted by Gasteiger charge is 2.08. The molecule has 0 spiro atoms. The molecule has 0 radical (unpaired) electrons. The van der Waals surface area contributed by atoms with Gasteiger partial charge in [-0.3, -0.25) is 4.21 Å². The molecule has 2 atom stereocenters.